The van der Waals surface area contributed by atoms with E-state index in [2.05, 4.69) is 0 Å². The van der Waals surface area contributed by atoms with Crippen molar-refractivity contribution in [3.63, 3.8) is 0 Å². The van der Waals surface area contributed by atoms with Gasteiger partial charge < -0.3 is 4.89 Å². The number of hydrogen-bond donors (Lipinski definition) is 1. The fraction of sp³-hybridized carbons (Fsp3) is 0. The van der Waals surface area contributed by atoms with Gasteiger partial charge in [-0.3, -0.25) is 14.2 Å². The molecule has 4 nitrogen and oxygen atoms in total. The Bertz CT molecular complexity index is 600. The van der Waals surface area contributed by atoms with Crippen LogP contribution in [-0.4, -0.2) is 34.8 Å². The van der Waals surface area contributed by atoms with Crippen molar-refractivity contribution in [1.29, 1.82) is 0 Å². The van der Waals surface area contributed by atoms with Gasteiger partial charge in [-0.1, -0.05) is 60.7 Å². The van der Waals surface area contributed by atoms with Crippen molar-refractivity contribution in [2.45, 2.75) is 0 Å². The molecule has 20 heavy (non-hydrogen) atoms. The third-order valence-corrected chi connectivity index (χ3v) is 4.21. The molecule has 0 aromatic heterocycles. The topological polar surface area (TPSA) is 71.4 Å². The third-order valence-electron chi connectivity index (χ3n) is 2.59. The second-order valence-electron chi connectivity index (χ2n) is 3.92. The summed E-state index contributed by atoms with van der Waals surface area (Å²) in [5, 5.41) is 0. The van der Waals surface area contributed by atoms with E-state index in [-0.39, 0.29) is 30.0 Å². The number of carbonyl (C=O) groups is 2. The predicted octanol–water partition coefficient (Wildman–Crippen LogP) is 2.29. The first-order chi connectivity index (χ1) is 9.03. The molecule has 98 valence electrons. The average Bonchev–Trinajstić information content (AvgIpc) is 2.47. The van der Waals surface area contributed by atoms with Crippen molar-refractivity contribution in [3.05, 3.63) is 71.8 Å². The van der Waals surface area contributed by atoms with Crippen molar-refractivity contribution in [2.75, 3.05) is 0 Å². The molecule has 0 amide bonds. The van der Waals surface area contributed by atoms with Crippen molar-refractivity contribution < 1.29 is 19.0 Å². The first-order valence-electron chi connectivity index (χ1n) is 5.56. The van der Waals surface area contributed by atoms with Gasteiger partial charge in [-0.15, -0.1) is 0 Å². The van der Waals surface area contributed by atoms with Crippen LogP contribution in [0.15, 0.2) is 60.7 Å². The van der Waals surface area contributed by atoms with Gasteiger partial charge in [-0.25, -0.2) is 0 Å². The van der Waals surface area contributed by atoms with Gasteiger partial charge in [0.2, 0.25) is 0 Å². The molecule has 0 fully saturated rings. The van der Waals surface area contributed by atoms with Crippen molar-refractivity contribution in [2.24, 2.45) is 0 Å². The minimum absolute atomic E-state index is 0. The predicted molar refractivity (Wildman–Crippen MR) is 78.5 cm³/mol. The summed E-state index contributed by atoms with van der Waals surface area (Å²) < 4.78 is 12.1. The van der Waals surface area contributed by atoms with E-state index in [0.29, 0.717) is 0 Å². The van der Waals surface area contributed by atoms with Crippen LogP contribution in [-0.2, 0) is 4.57 Å². The summed E-state index contributed by atoms with van der Waals surface area (Å²) in [5.41, 5.74) is -1.97. The molecule has 0 unspecified atom stereocenters. The molecular weight excluding hydrogens is 270 g/mol. The monoisotopic (exact) mass is 282 g/mol. The van der Waals surface area contributed by atoms with E-state index in [1.807, 2.05) is 0 Å². The summed E-state index contributed by atoms with van der Waals surface area (Å²) in [4.78, 5) is 33.7. The quantitative estimate of drug-likeness (QED) is 0.690. The minimum atomic E-state index is -4.60. The maximum absolute atomic E-state index is 12.1. The number of benzene rings is 2. The first-order valence-corrected chi connectivity index (χ1v) is 7.22. The van der Waals surface area contributed by atoms with Crippen molar-refractivity contribution in [1.82, 2.24) is 0 Å². The van der Waals surface area contributed by atoms with Gasteiger partial charge in [0.05, 0.1) is 0 Å². The molecule has 0 bridgehead atoms. The van der Waals surface area contributed by atoms with E-state index in [0.717, 1.165) is 0 Å². The van der Waals surface area contributed by atoms with Gasteiger partial charge >= 0.3 is 26.2 Å². The van der Waals surface area contributed by atoms with Crippen LogP contribution in [0.1, 0.15) is 20.7 Å². The molecule has 0 spiro atoms. The van der Waals surface area contributed by atoms with Crippen LogP contribution in [0.3, 0.4) is 0 Å². The van der Waals surface area contributed by atoms with E-state index in [4.69, 9.17) is 0 Å². The molecule has 0 aliphatic heterocycles. The molecule has 1 N–H and O–H groups in total. The summed E-state index contributed by atoms with van der Waals surface area (Å²) in [5.74, 6) is 0. The van der Waals surface area contributed by atoms with Crippen LogP contribution in [0.2, 0.25) is 0 Å². The molecule has 0 saturated carbocycles. The molecule has 0 saturated heterocycles. The number of hydrogen-bond acceptors (Lipinski definition) is 3. The normalized spacial score (nSPS) is 10.4. The van der Waals surface area contributed by atoms with Crippen LogP contribution < -0.4 is 0 Å². The van der Waals surface area contributed by atoms with Crippen molar-refractivity contribution in [3.8, 4) is 0 Å². The summed E-state index contributed by atoms with van der Waals surface area (Å²) >= 11 is 0. The molecule has 6 heteroatoms. The van der Waals surface area contributed by atoms with Crippen LogP contribution in [0.4, 0.5) is 0 Å². The van der Waals surface area contributed by atoms with Gasteiger partial charge in [0.25, 0.3) is 11.0 Å². The van der Waals surface area contributed by atoms with Crippen LogP contribution in [0.5, 0.6) is 0 Å². The van der Waals surface area contributed by atoms with E-state index in [9.17, 15) is 19.0 Å². The Hall–Kier alpha value is -1.43. The van der Waals surface area contributed by atoms with Gasteiger partial charge in [0.15, 0.2) is 0 Å². The molecule has 2 rings (SSSR count). The van der Waals surface area contributed by atoms with Gasteiger partial charge in [0.1, 0.15) is 0 Å². The third kappa shape index (κ3) is 3.36. The average molecular weight is 282 g/mol. The molecule has 2 aromatic rings. The number of rotatable bonds is 4. The molecule has 0 heterocycles. The summed E-state index contributed by atoms with van der Waals surface area (Å²) in [7, 11) is -4.60. The van der Waals surface area contributed by atoms with Crippen LogP contribution in [0, 0.1) is 0 Å². The maximum atomic E-state index is 12.1. The zero-order valence-electron chi connectivity index (χ0n) is 9.89. The van der Waals surface area contributed by atoms with Crippen molar-refractivity contribution >= 4 is 37.3 Å². The Morgan fingerprint density at radius 3 is 1.35 bits per heavy atom. The molecule has 0 aliphatic carbocycles. The zero-order chi connectivity index (χ0) is 13.9. The fourth-order valence-corrected chi connectivity index (χ4v) is 2.79. The van der Waals surface area contributed by atoms with Crippen LogP contribution in [0.25, 0.3) is 0 Å². The first kappa shape index (κ1) is 16.6. The van der Waals surface area contributed by atoms with E-state index in [1.54, 1.807) is 36.4 Å². The Balaban J connectivity index is 0.00000200. The molecular formula is C14H12LiO4P. The summed E-state index contributed by atoms with van der Waals surface area (Å²) in [6.07, 6.45) is 0. The Labute approximate surface area is 128 Å². The van der Waals surface area contributed by atoms with Crippen LogP contribution >= 0.6 is 7.37 Å². The second kappa shape index (κ2) is 6.83. The second-order valence-corrected chi connectivity index (χ2v) is 5.88. The Kier molecular flexibility index (Phi) is 5.68. The van der Waals surface area contributed by atoms with Gasteiger partial charge in [-0.2, -0.15) is 0 Å². The molecule has 0 aliphatic rings. The SMILES string of the molecule is O=C(c1ccccc1)P(=O)(O)C(=O)c1ccccc1.[LiH]. The molecule has 0 atom stereocenters. The zero-order valence-corrected chi connectivity index (χ0v) is 10.8. The van der Waals surface area contributed by atoms with Gasteiger partial charge in [0, 0.05) is 11.1 Å². The van der Waals surface area contributed by atoms with Gasteiger partial charge in [-0.05, 0) is 0 Å². The summed E-state index contributed by atoms with van der Waals surface area (Å²) in [6, 6.07) is 15.3. The van der Waals surface area contributed by atoms with E-state index >= 15 is 0 Å². The Morgan fingerprint density at radius 2 is 1.05 bits per heavy atom. The Morgan fingerprint density at radius 1 is 0.750 bits per heavy atom. The van der Waals surface area contributed by atoms with E-state index < -0.39 is 18.4 Å². The number of carbonyl (C=O) groups excluding carboxylic acids is 2. The van der Waals surface area contributed by atoms with E-state index in [1.165, 1.54) is 24.3 Å². The molecule has 0 radical (unpaired) electrons. The fourth-order valence-electron chi connectivity index (χ4n) is 1.60. The standard InChI is InChI=1S/C14H11O4P.Li.H/c15-13(11-7-3-1-4-8-11)19(17,18)14(16)12-9-5-2-6-10-12;;/h1-10H,(H,17,18);;. The molecule has 2 aromatic carbocycles. The summed E-state index contributed by atoms with van der Waals surface area (Å²) in [6.45, 7) is 0.